The van der Waals surface area contributed by atoms with Crippen LogP contribution in [0.1, 0.15) is 32.4 Å². The van der Waals surface area contributed by atoms with E-state index in [0.29, 0.717) is 13.1 Å². The molecule has 0 fully saturated rings. The highest BCUT2D eigenvalue weighted by molar-refractivity contribution is 7.07. The van der Waals surface area contributed by atoms with Crippen LogP contribution in [0.3, 0.4) is 0 Å². The first-order chi connectivity index (χ1) is 8.60. The molecule has 0 aromatic carbocycles. The fourth-order valence-corrected chi connectivity index (χ4v) is 2.82. The maximum absolute atomic E-state index is 11.7. The Kier molecular flexibility index (Phi) is 6.32. The van der Waals surface area contributed by atoms with Crippen LogP contribution in [-0.2, 0) is 4.79 Å². The van der Waals surface area contributed by atoms with Gasteiger partial charge in [-0.05, 0) is 42.8 Å². The third kappa shape index (κ3) is 4.08. The number of carbonyl (C=O) groups excluding carboxylic acids is 1. The predicted octanol–water partition coefficient (Wildman–Crippen LogP) is 1.59. The average Bonchev–Trinajstić information content (AvgIpc) is 2.81. The quantitative estimate of drug-likeness (QED) is 0.790. The number of hydrogen-bond donors (Lipinski definition) is 2. The van der Waals surface area contributed by atoms with Crippen molar-refractivity contribution in [2.24, 2.45) is 5.73 Å². The molecule has 5 heteroatoms. The lowest BCUT2D eigenvalue weighted by Gasteiger charge is -2.32. The Morgan fingerprint density at radius 1 is 1.56 bits per heavy atom. The number of likely N-dealkylation sites (N-methyl/N-ethyl adjacent to an activating group) is 2. The van der Waals surface area contributed by atoms with Crippen molar-refractivity contribution in [1.29, 1.82) is 0 Å². The van der Waals surface area contributed by atoms with Gasteiger partial charge in [0.2, 0.25) is 5.91 Å². The molecule has 1 amide bonds. The number of amides is 1. The summed E-state index contributed by atoms with van der Waals surface area (Å²) in [5.41, 5.74) is 7.28. The summed E-state index contributed by atoms with van der Waals surface area (Å²) in [6.45, 7) is 7.84. The van der Waals surface area contributed by atoms with E-state index in [1.54, 1.807) is 11.3 Å². The lowest BCUT2D eigenvalue weighted by molar-refractivity contribution is -0.122. The van der Waals surface area contributed by atoms with E-state index in [4.69, 9.17) is 5.73 Å². The molecule has 0 aliphatic carbocycles. The van der Waals surface area contributed by atoms with Crippen molar-refractivity contribution >= 4 is 17.2 Å². The number of hydrogen-bond acceptors (Lipinski definition) is 4. The van der Waals surface area contributed by atoms with Crippen LogP contribution >= 0.6 is 11.3 Å². The summed E-state index contributed by atoms with van der Waals surface area (Å²) in [7, 11) is 0. The van der Waals surface area contributed by atoms with Gasteiger partial charge in [0.15, 0.2) is 0 Å². The first-order valence-electron chi connectivity index (χ1n) is 6.38. The minimum absolute atomic E-state index is 0.00558. The fraction of sp³-hybridized carbons (Fsp3) is 0.615. The molecule has 3 N–H and O–H groups in total. The topological polar surface area (TPSA) is 58.4 Å². The SMILES string of the molecule is CCNC(=O)CN(CC)C(c1ccsc1)C(C)N. The largest absolute Gasteiger partial charge is 0.355 e. The van der Waals surface area contributed by atoms with Gasteiger partial charge >= 0.3 is 0 Å². The Labute approximate surface area is 113 Å². The Balaban J connectivity index is 2.79. The molecule has 1 aromatic rings. The van der Waals surface area contributed by atoms with Crippen LogP contribution in [-0.4, -0.2) is 36.5 Å². The zero-order valence-corrected chi connectivity index (χ0v) is 12.2. The molecular weight excluding hydrogens is 246 g/mol. The highest BCUT2D eigenvalue weighted by atomic mass is 32.1. The number of nitrogens with one attached hydrogen (secondary N) is 1. The highest BCUT2D eigenvalue weighted by Crippen LogP contribution is 2.25. The second kappa shape index (κ2) is 7.51. The van der Waals surface area contributed by atoms with Crippen molar-refractivity contribution in [3.05, 3.63) is 22.4 Å². The first kappa shape index (κ1) is 15.1. The summed E-state index contributed by atoms with van der Waals surface area (Å²) in [6, 6.07) is 2.18. The standard InChI is InChI=1S/C13H23N3OS/c1-4-15-12(17)8-16(5-2)13(10(3)14)11-6-7-18-9-11/h6-7,9-10,13H,4-5,8,14H2,1-3H3,(H,15,17). The number of nitrogens with zero attached hydrogens (tertiary/aromatic N) is 1. The van der Waals surface area contributed by atoms with Gasteiger partial charge in [-0.1, -0.05) is 6.92 Å². The molecule has 18 heavy (non-hydrogen) atoms. The van der Waals surface area contributed by atoms with Crippen LogP contribution in [0.2, 0.25) is 0 Å². The monoisotopic (exact) mass is 269 g/mol. The molecule has 1 aromatic heterocycles. The highest BCUT2D eigenvalue weighted by Gasteiger charge is 2.24. The molecule has 2 atom stereocenters. The van der Waals surface area contributed by atoms with E-state index in [2.05, 4.69) is 28.6 Å². The molecule has 0 aliphatic heterocycles. The molecule has 0 radical (unpaired) electrons. The fourth-order valence-electron chi connectivity index (χ4n) is 2.13. The van der Waals surface area contributed by atoms with Crippen LogP contribution in [0.25, 0.3) is 0 Å². The summed E-state index contributed by atoms with van der Waals surface area (Å²) in [6.07, 6.45) is 0. The van der Waals surface area contributed by atoms with Crippen LogP contribution < -0.4 is 11.1 Å². The van der Waals surface area contributed by atoms with Gasteiger partial charge in [0, 0.05) is 12.6 Å². The van der Waals surface area contributed by atoms with Crippen molar-refractivity contribution in [1.82, 2.24) is 10.2 Å². The Morgan fingerprint density at radius 3 is 2.72 bits per heavy atom. The van der Waals surface area contributed by atoms with Gasteiger partial charge in [-0.15, -0.1) is 0 Å². The number of nitrogens with two attached hydrogens (primary N) is 1. The zero-order chi connectivity index (χ0) is 13.5. The molecule has 0 spiro atoms. The van der Waals surface area contributed by atoms with Crippen molar-refractivity contribution in [3.8, 4) is 0 Å². The van der Waals surface area contributed by atoms with Crippen LogP contribution in [0, 0.1) is 0 Å². The predicted molar refractivity (Wildman–Crippen MR) is 76.6 cm³/mol. The van der Waals surface area contributed by atoms with Crippen LogP contribution in [0.15, 0.2) is 16.8 Å². The smallest absolute Gasteiger partial charge is 0.234 e. The summed E-state index contributed by atoms with van der Waals surface area (Å²) < 4.78 is 0. The van der Waals surface area contributed by atoms with Crippen LogP contribution in [0.4, 0.5) is 0 Å². The molecule has 2 unspecified atom stereocenters. The van der Waals surface area contributed by atoms with E-state index < -0.39 is 0 Å². The van der Waals surface area contributed by atoms with E-state index in [0.717, 1.165) is 6.54 Å². The van der Waals surface area contributed by atoms with Crippen LogP contribution in [0.5, 0.6) is 0 Å². The van der Waals surface area contributed by atoms with Gasteiger partial charge in [0.1, 0.15) is 0 Å². The number of carbonyl (C=O) groups is 1. The minimum atomic E-state index is -0.00558. The third-order valence-electron chi connectivity index (χ3n) is 2.90. The summed E-state index contributed by atoms with van der Waals surface area (Å²) in [5.74, 6) is 0.0558. The van der Waals surface area contributed by atoms with Gasteiger partial charge in [-0.2, -0.15) is 11.3 Å². The molecule has 0 aliphatic rings. The second-order valence-corrected chi connectivity index (χ2v) is 5.16. The number of thiophene rings is 1. The zero-order valence-electron chi connectivity index (χ0n) is 11.3. The van der Waals surface area contributed by atoms with Crippen molar-refractivity contribution in [2.75, 3.05) is 19.6 Å². The van der Waals surface area contributed by atoms with E-state index in [1.165, 1.54) is 5.56 Å². The molecular formula is C13H23N3OS. The summed E-state index contributed by atoms with van der Waals surface area (Å²) >= 11 is 1.66. The molecule has 1 heterocycles. The van der Waals surface area contributed by atoms with Gasteiger partial charge in [0.05, 0.1) is 12.6 Å². The molecule has 0 bridgehead atoms. The Bertz CT molecular complexity index is 351. The van der Waals surface area contributed by atoms with Gasteiger partial charge < -0.3 is 11.1 Å². The lowest BCUT2D eigenvalue weighted by atomic mass is 10.0. The maximum atomic E-state index is 11.7. The van der Waals surface area contributed by atoms with E-state index in [1.807, 2.05) is 19.2 Å². The molecule has 0 saturated heterocycles. The normalized spacial score (nSPS) is 14.5. The van der Waals surface area contributed by atoms with Crippen molar-refractivity contribution in [2.45, 2.75) is 32.9 Å². The summed E-state index contributed by atoms with van der Waals surface area (Å²) in [5, 5.41) is 6.98. The average molecular weight is 269 g/mol. The maximum Gasteiger partial charge on any atom is 0.234 e. The van der Waals surface area contributed by atoms with Gasteiger partial charge in [0.25, 0.3) is 0 Å². The Hall–Kier alpha value is -0.910. The molecule has 1 rings (SSSR count). The second-order valence-electron chi connectivity index (χ2n) is 4.38. The molecule has 102 valence electrons. The minimum Gasteiger partial charge on any atom is -0.355 e. The molecule has 4 nitrogen and oxygen atoms in total. The number of rotatable bonds is 7. The Morgan fingerprint density at radius 2 is 2.28 bits per heavy atom. The van der Waals surface area contributed by atoms with Crippen molar-refractivity contribution in [3.63, 3.8) is 0 Å². The van der Waals surface area contributed by atoms with Gasteiger partial charge in [-0.3, -0.25) is 9.69 Å². The first-order valence-corrected chi connectivity index (χ1v) is 7.32. The lowest BCUT2D eigenvalue weighted by Crippen LogP contribution is -2.44. The molecule has 0 saturated carbocycles. The van der Waals surface area contributed by atoms with E-state index >= 15 is 0 Å². The van der Waals surface area contributed by atoms with E-state index in [9.17, 15) is 4.79 Å². The van der Waals surface area contributed by atoms with Crippen molar-refractivity contribution < 1.29 is 4.79 Å². The van der Waals surface area contributed by atoms with E-state index in [-0.39, 0.29) is 18.0 Å². The van der Waals surface area contributed by atoms with Gasteiger partial charge in [-0.25, -0.2) is 0 Å². The third-order valence-corrected chi connectivity index (χ3v) is 3.60. The summed E-state index contributed by atoms with van der Waals surface area (Å²) in [4.78, 5) is 13.8.